The largest absolute Gasteiger partial charge is 0.451 e. The molecule has 0 atom stereocenters. The summed E-state index contributed by atoms with van der Waals surface area (Å²) in [7, 11) is 0. The predicted molar refractivity (Wildman–Crippen MR) is 72.6 cm³/mol. The molecule has 1 aromatic heterocycles. The van der Waals surface area contributed by atoms with Gasteiger partial charge in [0, 0.05) is 11.9 Å². The minimum Gasteiger partial charge on any atom is -0.451 e. The summed E-state index contributed by atoms with van der Waals surface area (Å²) >= 11 is 0. The smallest absolute Gasteiger partial charge is 0.287 e. The maximum atomic E-state index is 11.9. The normalized spacial score (nSPS) is 11.1. The van der Waals surface area contributed by atoms with Crippen LogP contribution < -0.4 is 5.32 Å². The molecule has 0 radical (unpaired) electrons. The highest BCUT2D eigenvalue weighted by Crippen LogP contribution is 2.18. The van der Waals surface area contributed by atoms with E-state index in [0.717, 1.165) is 23.8 Å². The van der Waals surface area contributed by atoms with Gasteiger partial charge in [-0.3, -0.25) is 4.79 Å². The minimum absolute atomic E-state index is 0.127. The summed E-state index contributed by atoms with van der Waals surface area (Å²) in [6.45, 7) is 4.99. The van der Waals surface area contributed by atoms with Gasteiger partial charge in [0.1, 0.15) is 5.58 Å². The second kappa shape index (κ2) is 5.71. The summed E-state index contributed by atoms with van der Waals surface area (Å²) in [4.78, 5) is 11.9. The van der Waals surface area contributed by atoms with Crippen LogP contribution in [0.1, 0.15) is 37.2 Å². The molecule has 18 heavy (non-hydrogen) atoms. The van der Waals surface area contributed by atoms with Gasteiger partial charge in [-0.2, -0.15) is 0 Å². The Morgan fingerprint density at radius 1 is 1.28 bits per heavy atom. The molecule has 0 spiro atoms. The van der Waals surface area contributed by atoms with E-state index in [1.807, 2.05) is 24.3 Å². The summed E-state index contributed by atoms with van der Waals surface area (Å²) in [5.74, 6) is 0.804. The molecule has 0 fully saturated rings. The molecule has 2 rings (SSSR count). The number of rotatable bonds is 5. The van der Waals surface area contributed by atoms with E-state index in [4.69, 9.17) is 4.42 Å². The SMILES string of the molecule is CCC(CC)CNC(=O)c1cc2ccccc2o1. The molecule has 0 unspecified atom stereocenters. The first-order valence-electron chi connectivity index (χ1n) is 6.51. The van der Waals surface area contributed by atoms with Crippen LogP contribution in [0.5, 0.6) is 0 Å². The fourth-order valence-corrected chi connectivity index (χ4v) is 2.00. The van der Waals surface area contributed by atoms with Crippen molar-refractivity contribution in [1.29, 1.82) is 0 Å². The summed E-state index contributed by atoms with van der Waals surface area (Å²) in [5.41, 5.74) is 0.755. The van der Waals surface area contributed by atoms with Crippen molar-refractivity contribution in [2.24, 2.45) is 5.92 Å². The molecule has 3 heteroatoms. The maximum absolute atomic E-state index is 11.9. The average molecular weight is 245 g/mol. The Morgan fingerprint density at radius 3 is 2.67 bits per heavy atom. The van der Waals surface area contributed by atoms with Crippen LogP contribution in [0, 0.1) is 5.92 Å². The zero-order valence-corrected chi connectivity index (χ0v) is 10.9. The molecule has 0 saturated heterocycles. The topological polar surface area (TPSA) is 42.2 Å². The van der Waals surface area contributed by atoms with Crippen molar-refractivity contribution in [2.75, 3.05) is 6.54 Å². The molecule has 96 valence electrons. The van der Waals surface area contributed by atoms with Crippen LogP contribution in [-0.4, -0.2) is 12.5 Å². The molecule has 3 nitrogen and oxygen atoms in total. The van der Waals surface area contributed by atoms with E-state index in [2.05, 4.69) is 19.2 Å². The highest BCUT2D eigenvalue weighted by molar-refractivity contribution is 5.96. The van der Waals surface area contributed by atoms with E-state index in [9.17, 15) is 4.79 Å². The van der Waals surface area contributed by atoms with Crippen LogP contribution in [0.4, 0.5) is 0 Å². The Balaban J connectivity index is 2.04. The number of hydrogen-bond acceptors (Lipinski definition) is 2. The zero-order valence-electron chi connectivity index (χ0n) is 10.9. The third-order valence-corrected chi connectivity index (χ3v) is 3.36. The van der Waals surface area contributed by atoms with E-state index < -0.39 is 0 Å². The lowest BCUT2D eigenvalue weighted by atomic mass is 10.0. The summed E-state index contributed by atoms with van der Waals surface area (Å²) in [6.07, 6.45) is 2.16. The number of para-hydroxylation sites is 1. The number of carbonyl (C=O) groups excluding carboxylic acids is 1. The second-order valence-electron chi connectivity index (χ2n) is 4.54. The van der Waals surface area contributed by atoms with Crippen molar-refractivity contribution in [2.45, 2.75) is 26.7 Å². The molecule has 1 N–H and O–H groups in total. The van der Waals surface area contributed by atoms with Gasteiger partial charge in [-0.25, -0.2) is 0 Å². The molecule has 1 amide bonds. The number of furan rings is 1. The van der Waals surface area contributed by atoms with E-state index in [1.54, 1.807) is 6.07 Å². The van der Waals surface area contributed by atoms with Crippen LogP contribution in [0.25, 0.3) is 11.0 Å². The fourth-order valence-electron chi connectivity index (χ4n) is 2.00. The monoisotopic (exact) mass is 245 g/mol. The third-order valence-electron chi connectivity index (χ3n) is 3.36. The Hall–Kier alpha value is -1.77. The number of carbonyl (C=O) groups is 1. The summed E-state index contributed by atoms with van der Waals surface area (Å²) < 4.78 is 5.52. The summed E-state index contributed by atoms with van der Waals surface area (Å²) in [6, 6.07) is 9.43. The maximum Gasteiger partial charge on any atom is 0.287 e. The number of fused-ring (bicyclic) bond motifs is 1. The van der Waals surface area contributed by atoms with Crippen LogP contribution >= 0.6 is 0 Å². The third kappa shape index (κ3) is 2.73. The lowest BCUT2D eigenvalue weighted by Gasteiger charge is -2.12. The van der Waals surface area contributed by atoms with Crippen LogP contribution in [-0.2, 0) is 0 Å². The zero-order chi connectivity index (χ0) is 13.0. The Kier molecular flexibility index (Phi) is 4.03. The van der Waals surface area contributed by atoms with Gasteiger partial charge in [-0.05, 0) is 18.1 Å². The average Bonchev–Trinajstić information content (AvgIpc) is 2.83. The first kappa shape index (κ1) is 12.7. The van der Waals surface area contributed by atoms with Gasteiger partial charge in [-0.1, -0.05) is 44.9 Å². The van der Waals surface area contributed by atoms with Gasteiger partial charge in [0.2, 0.25) is 0 Å². The van der Waals surface area contributed by atoms with Crippen molar-refractivity contribution in [1.82, 2.24) is 5.32 Å². The van der Waals surface area contributed by atoms with Gasteiger partial charge in [0.15, 0.2) is 5.76 Å². The first-order valence-corrected chi connectivity index (χ1v) is 6.51. The lowest BCUT2D eigenvalue weighted by Crippen LogP contribution is -2.28. The quantitative estimate of drug-likeness (QED) is 0.874. The molecule has 0 aliphatic carbocycles. The Labute approximate surface area is 107 Å². The van der Waals surface area contributed by atoms with E-state index in [-0.39, 0.29) is 5.91 Å². The Bertz CT molecular complexity index is 493. The van der Waals surface area contributed by atoms with Gasteiger partial charge in [0.25, 0.3) is 5.91 Å². The highest BCUT2D eigenvalue weighted by Gasteiger charge is 2.13. The molecule has 0 bridgehead atoms. The molecule has 2 aromatic rings. The number of amides is 1. The first-order chi connectivity index (χ1) is 8.74. The summed E-state index contributed by atoms with van der Waals surface area (Å²) in [5, 5.41) is 3.89. The van der Waals surface area contributed by atoms with Crippen LogP contribution in [0.2, 0.25) is 0 Å². The standard InChI is InChI=1S/C15H19NO2/c1-3-11(4-2)10-16-15(17)14-9-12-7-5-6-8-13(12)18-14/h5-9,11H,3-4,10H2,1-2H3,(H,16,17). The van der Waals surface area contributed by atoms with Crippen LogP contribution in [0.3, 0.4) is 0 Å². The van der Waals surface area contributed by atoms with E-state index in [0.29, 0.717) is 18.2 Å². The van der Waals surface area contributed by atoms with Crippen molar-refractivity contribution in [3.05, 3.63) is 36.1 Å². The van der Waals surface area contributed by atoms with E-state index >= 15 is 0 Å². The van der Waals surface area contributed by atoms with Crippen LogP contribution in [0.15, 0.2) is 34.7 Å². The highest BCUT2D eigenvalue weighted by atomic mass is 16.3. The molecule has 1 aromatic carbocycles. The molecular formula is C15H19NO2. The molecule has 1 heterocycles. The van der Waals surface area contributed by atoms with Crippen molar-refractivity contribution < 1.29 is 9.21 Å². The van der Waals surface area contributed by atoms with Gasteiger partial charge in [-0.15, -0.1) is 0 Å². The number of nitrogens with one attached hydrogen (secondary N) is 1. The lowest BCUT2D eigenvalue weighted by molar-refractivity contribution is 0.0921. The van der Waals surface area contributed by atoms with Crippen molar-refractivity contribution in [3.8, 4) is 0 Å². The van der Waals surface area contributed by atoms with E-state index in [1.165, 1.54) is 0 Å². The second-order valence-corrected chi connectivity index (χ2v) is 4.54. The van der Waals surface area contributed by atoms with Gasteiger partial charge >= 0.3 is 0 Å². The Morgan fingerprint density at radius 2 is 2.00 bits per heavy atom. The molecular weight excluding hydrogens is 226 g/mol. The molecule has 0 aliphatic rings. The van der Waals surface area contributed by atoms with Crippen molar-refractivity contribution >= 4 is 16.9 Å². The van der Waals surface area contributed by atoms with Gasteiger partial charge in [0.05, 0.1) is 0 Å². The predicted octanol–water partition coefficient (Wildman–Crippen LogP) is 3.60. The molecule has 0 saturated carbocycles. The number of benzene rings is 1. The minimum atomic E-state index is -0.127. The number of hydrogen-bond donors (Lipinski definition) is 1. The van der Waals surface area contributed by atoms with Gasteiger partial charge < -0.3 is 9.73 Å². The fraction of sp³-hybridized carbons (Fsp3) is 0.400. The van der Waals surface area contributed by atoms with Crippen molar-refractivity contribution in [3.63, 3.8) is 0 Å². The molecule has 0 aliphatic heterocycles.